The molecule has 24 heavy (non-hydrogen) atoms. The van der Waals surface area contributed by atoms with Crippen molar-refractivity contribution in [2.75, 3.05) is 11.1 Å². The van der Waals surface area contributed by atoms with Crippen molar-refractivity contribution < 1.29 is 9.59 Å². The summed E-state index contributed by atoms with van der Waals surface area (Å²) in [5, 5.41) is 7.15. The molecular weight excluding hydrogens is 306 g/mol. The van der Waals surface area contributed by atoms with Gasteiger partial charge < -0.3 is 16.0 Å². The third-order valence-electron chi connectivity index (χ3n) is 4.20. The summed E-state index contributed by atoms with van der Waals surface area (Å²) in [6, 6.07) is 6.73. The molecule has 126 valence electrons. The first-order chi connectivity index (χ1) is 11.4. The third kappa shape index (κ3) is 2.84. The lowest BCUT2D eigenvalue weighted by Crippen LogP contribution is -2.30. The number of amides is 2. The van der Waals surface area contributed by atoms with Crippen LogP contribution in [0, 0.1) is 5.92 Å². The van der Waals surface area contributed by atoms with Gasteiger partial charge in [0.1, 0.15) is 5.82 Å². The van der Waals surface area contributed by atoms with Crippen LogP contribution in [0.2, 0.25) is 0 Å². The van der Waals surface area contributed by atoms with E-state index in [1.807, 2.05) is 13.8 Å². The maximum atomic E-state index is 12.4. The van der Waals surface area contributed by atoms with E-state index in [9.17, 15) is 9.59 Å². The molecule has 2 aromatic rings. The Balaban J connectivity index is 1.65. The fourth-order valence-electron chi connectivity index (χ4n) is 2.76. The zero-order valence-corrected chi connectivity index (χ0v) is 14.0. The molecule has 3 rings (SSSR count). The van der Waals surface area contributed by atoms with E-state index < -0.39 is 0 Å². The summed E-state index contributed by atoms with van der Waals surface area (Å²) in [5.41, 5.74) is 8.99. The second kappa shape index (κ2) is 5.99. The maximum Gasteiger partial charge on any atom is 0.322 e. The van der Waals surface area contributed by atoms with E-state index in [-0.39, 0.29) is 17.7 Å². The number of carbonyl (C=O) groups excluding carboxylic acids is 2. The predicted octanol–water partition coefficient (Wildman–Crippen LogP) is 2.39. The Hall–Kier alpha value is -2.83. The van der Waals surface area contributed by atoms with Crippen LogP contribution in [0.4, 0.5) is 16.3 Å². The van der Waals surface area contributed by atoms with Gasteiger partial charge in [-0.1, -0.05) is 13.8 Å². The lowest BCUT2D eigenvalue weighted by atomic mass is 10.0. The Bertz CT molecular complexity index is 792. The zero-order valence-electron chi connectivity index (χ0n) is 14.0. The van der Waals surface area contributed by atoms with Gasteiger partial charge in [0, 0.05) is 29.8 Å². The maximum absolute atomic E-state index is 12.4. The number of rotatable bonds is 3. The molecule has 1 aliphatic heterocycles. The molecule has 0 bridgehead atoms. The van der Waals surface area contributed by atoms with Gasteiger partial charge in [-0.15, -0.1) is 0 Å². The Kier molecular flexibility index (Phi) is 4.01. The fourth-order valence-corrected chi connectivity index (χ4v) is 2.76. The van der Waals surface area contributed by atoms with Crippen LogP contribution in [0.15, 0.2) is 24.3 Å². The molecule has 2 heterocycles. The van der Waals surface area contributed by atoms with Crippen LogP contribution in [0.25, 0.3) is 0 Å². The summed E-state index contributed by atoms with van der Waals surface area (Å²) in [6.45, 7) is 4.62. The van der Waals surface area contributed by atoms with E-state index in [4.69, 9.17) is 5.73 Å². The van der Waals surface area contributed by atoms with E-state index >= 15 is 0 Å². The molecule has 1 aromatic carbocycles. The van der Waals surface area contributed by atoms with Crippen LogP contribution < -0.4 is 11.1 Å². The molecular formula is C17H21N5O2. The normalized spacial score (nSPS) is 13.2. The van der Waals surface area contributed by atoms with E-state index in [1.54, 1.807) is 40.9 Å². The summed E-state index contributed by atoms with van der Waals surface area (Å²) in [7, 11) is 1.79. The summed E-state index contributed by atoms with van der Waals surface area (Å²) in [4.78, 5) is 26.0. The number of aryl methyl sites for hydroxylation is 1. The molecule has 7 heteroatoms. The van der Waals surface area contributed by atoms with Crippen LogP contribution >= 0.6 is 0 Å². The van der Waals surface area contributed by atoms with Crippen LogP contribution in [0.3, 0.4) is 0 Å². The number of urea groups is 1. The molecule has 0 fully saturated rings. The highest BCUT2D eigenvalue weighted by Crippen LogP contribution is 2.27. The summed E-state index contributed by atoms with van der Waals surface area (Å²) >= 11 is 0. The highest BCUT2D eigenvalue weighted by Gasteiger charge is 2.28. The number of nitrogens with zero attached hydrogens (tertiary/aromatic N) is 3. The number of aromatic nitrogens is 2. The van der Waals surface area contributed by atoms with Crippen molar-refractivity contribution in [2.45, 2.75) is 26.9 Å². The van der Waals surface area contributed by atoms with Crippen LogP contribution in [0.5, 0.6) is 0 Å². The van der Waals surface area contributed by atoms with Crippen molar-refractivity contribution in [3.8, 4) is 0 Å². The Labute approximate surface area is 140 Å². The molecule has 1 aliphatic rings. The molecule has 0 saturated heterocycles. The Morgan fingerprint density at radius 3 is 2.46 bits per heavy atom. The molecule has 0 spiro atoms. The number of carbonyl (C=O) groups is 2. The smallest absolute Gasteiger partial charge is 0.322 e. The fraction of sp³-hybridized carbons (Fsp3) is 0.353. The van der Waals surface area contributed by atoms with Crippen LogP contribution in [-0.4, -0.2) is 26.5 Å². The quantitative estimate of drug-likeness (QED) is 0.847. The first-order valence-electron chi connectivity index (χ1n) is 7.87. The second-order valence-electron chi connectivity index (χ2n) is 6.32. The predicted molar refractivity (Wildman–Crippen MR) is 91.5 cm³/mol. The topological polar surface area (TPSA) is 93.2 Å². The van der Waals surface area contributed by atoms with Crippen molar-refractivity contribution in [2.24, 2.45) is 13.0 Å². The minimum Gasteiger partial charge on any atom is -0.384 e. The number of benzene rings is 1. The van der Waals surface area contributed by atoms with Gasteiger partial charge in [0.15, 0.2) is 5.78 Å². The molecule has 3 N–H and O–H groups in total. The van der Waals surface area contributed by atoms with Crippen molar-refractivity contribution >= 4 is 23.3 Å². The molecule has 0 unspecified atom stereocenters. The Morgan fingerprint density at radius 1 is 1.21 bits per heavy atom. The number of hydrogen-bond donors (Lipinski definition) is 2. The molecule has 0 radical (unpaired) electrons. The van der Waals surface area contributed by atoms with Gasteiger partial charge in [-0.3, -0.25) is 9.48 Å². The average Bonchev–Trinajstić information content (AvgIpc) is 3.07. The number of nitrogens with two attached hydrogens (primary N) is 1. The van der Waals surface area contributed by atoms with E-state index in [2.05, 4.69) is 10.4 Å². The molecule has 2 amide bonds. The van der Waals surface area contributed by atoms with Gasteiger partial charge in [0.25, 0.3) is 0 Å². The van der Waals surface area contributed by atoms with Gasteiger partial charge in [-0.25, -0.2) is 4.79 Å². The van der Waals surface area contributed by atoms with Gasteiger partial charge in [-0.05, 0) is 24.3 Å². The first kappa shape index (κ1) is 16.0. The van der Waals surface area contributed by atoms with Crippen molar-refractivity contribution in [3.05, 3.63) is 41.1 Å². The minimum atomic E-state index is -0.210. The zero-order chi connectivity index (χ0) is 17.4. The van der Waals surface area contributed by atoms with Gasteiger partial charge in [0.05, 0.1) is 18.8 Å². The highest BCUT2D eigenvalue weighted by atomic mass is 16.2. The van der Waals surface area contributed by atoms with Crippen LogP contribution in [0.1, 0.15) is 35.5 Å². The van der Waals surface area contributed by atoms with E-state index in [1.165, 1.54) is 0 Å². The van der Waals surface area contributed by atoms with Crippen LogP contribution in [-0.2, 0) is 20.1 Å². The molecule has 0 atom stereocenters. The molecule has 1 aromatic heterocycles. The van der Waals surface area contributed by atoms with E-state index in [0.717, 1.165) is 11.3 Å². The third-order valence-corrected chi connectivity index (χ3v) is 4.20. The lowest BCUT2D eigenvalue weighted by molar-refractivity contribution is 0.0939. The number of nitrogens with one attached hydrogen (secondary N) is 1. The summed E-state index contributed by atoms with van der Waals surface area (Å²) < 4.78 is 1.63. The van der Waals surface area contributed by atoms with Crippen molar-refractivity contribution in [1.82, 2.24) is 14.7 Å². The van der Waals surface area contributed by atoms with Crippen molar-refractivity contribution in [1.29, 1.82) is 0 Å². The largest absolute Gasteiger partial charge is 0.384 e. The monoisotopic (exact) mass is 327 g/mol. The Morgan fingerprint density at radius 2 is 1.88 bits per heavy atom. The van der Waals surface area contributed by atoms with E-state index in [0.29, 0.717) is 30.2 Å². The number of hydrogen-bond acceptors (Lipinski definition) is 4. The van der Waals surface area contributed by atoms with Crippen molar-refractivity contribution in [3.63, 3.8) is 0 Å². The van der Waals surface area contributed by atoms with Gasteiger partial charge in [-0.2, -0.15) is 5.10 Å². The first-order valence-corrected chi connectivity index (χ1v) is 7.87. The standard InChI is InChI=1S/C17H21N5O2/c1-10(2)15(23)11-4-6-12(7-5-11)19-17(24)22-8-13-14(9-22)20-21(3)16(13)18/h4-7,10H,8-9,18H2,1-3H3,(H,19,24). The minimum absolute atomic E-state index is 0.0490. The van der Waals surface area contributed by atoms with Gasteiger partial charge in [0.2, 0.25) is 0 Å². The molecule has 7 nitrogen and oxygen atoms in total. The average molecular weight is 327 g/mol. The van der Waals surface area contributed by atoms with Gasteiger partial charge >= 0.3 is 6.03 Å². The number of Topliss-reactive ketones (excluding diaryl/α,β-unsaturated/α-hetero) is 1. The number of anilines is 2. The number of nitrogen functional groups attached to an aromatic ring is 1. The second-order valence-corrected chi connectivity index (χ2v) is 6.32. The number of ketones is 1. The number of fused-ring (bicyclic) bond motifs is 1. The highest BCUT2D eigenvalue weighted by molar-refractivity contribution is 5.98. The SMILES string of the molecule is CC(C)C(=O)c1ccc(NC(=O)N2Cc3nn(C)c(N)c3C2)cc1. The summed E-state index contributed by atoms with van der Waals surface area (Å²) in [6.07, 6.45) is 0. The molecule has 0 aliphatic carbocycles. The lowest BCUT2D eigenvalue weighted by Gasteiger charge is -2.17. The molecule has 0 saturated carbocycles. The summed E-state index contributed by atoms with van der Waals surface area (Å²) in [5.74, 6) is 0.633.